The number of nitrogens with zero attached hydrogens (tertiary/aromatic N) is 3. The number of carbonyl (C=O) groups excluding carboxylic acids is 1. The number of hydrogen-bond donors (Lipinski definition) is 1. The molecule has 2 aromatic rings. The van der Waals surface area contributed by atoms with E-state index in [-0.39, 0.29) is 5.91 Å². The average Bonchev–Trinajstić information content (AvgIpc) is 3.21. The zero-order chi connectivity index (χ0) is 19.4. The van der Waals surface area contributed by atoms with E-state index in [9.17, 15) is 4.79 Å². The van der Waals surface area contributed by atoms with Crippen molar-refractivity contribution >= 4 is 5.91 Å². The van der Waals surface area contributed by atoms with Gasteiger partial charge in [0.1, 0.15) is 5.76 Å². The maximum absolute atomic E-state index is 12.6. The van der Waals surface area contributed by atoms with Gasteiger partial charge in [-0.05, 0) is 59.7 Å². The Balaban J connectivity index is 1.52. The second-order valence-corrected chi connectivity index (χ2v) is 7.80. The summed E-state index contributed by atoms with van der Waals surface area (Å²) in [5.74, 6) is 1.45. The zero-order valence-corrected chi connectivity index (χ0v) is 17.0. The normalized spacial score (nSPS) is 15.4. The van der Waals surface area contributed by atoms with Gasteiger partial charge in [-0.15, -0.1) is 0 Å². The molecule has 0 atom stereocenters. The SMILES string of the molecule is Cc1cc(-n2c(C)cc(C(=O)NCCCN(C)C3CCCCC3)c2C)no1. The highest BCUT2D eigenvalue weighted by molar-refractivity contribution is 5.95. The van der Waals surface area contributed by atoms with Crippen molar-refractivity contribution in [3.63, 3.8) is 0 Å². The van der Waals surface area contributed by atoms with Crippen molar-refractivity contribution in [2.75, 3.05) is 20.1 Å². The largest absolute Gasteiger partial charge is 0.360 e. The molecule has 0 aromatic carbocycles. The first-order chi connectivity index (χ1) is 13.0. The Morgan fingerprint density at radius 1 is 1.26 bits per heavy atom. The van der Waals surface area contributed by atoms with Crippen LogP contribution in [0.5, 0.6) is 0 Å². The second kappa shape index (κ2) is 8.74. The molecule has 1 amide bonds. The molecular weight excluding hydrogens is 340 g/mol. The molecule has 3 rings (SSSR count). The summed E-state index contributed by atoms with van der Waals surface area (Å²) in [4.78, 5) is 15.1. The second-order valence-electron chi connectivity index (χ2n) is 7.80. The maximum Gasteiger partial charge on any atom is 0.253 e. The topological polar surface area (TPSA) is 63.3 Å². The van der Waals surface area contributed by atoms with Crippen molar-refractivity contribution < 1.29 is 9.32 Å². The Morgan fingerprint density at radius 2 is 2.00 bits per heavy atom. The molecule has 1 fully saturated rings. The molecule has 0 radical (unpaired) electrons. The van der Waals surface area contributed by atoms with Crippen molar-refractivity contribution in [3.8, 4) is 5.82 Å². The van der Waals surface area contributed by atoms with Crippen molar-refractivity contribution in [1.82, 2.24) is 19.9 Å². The molecule has 1 N–H and O–H groups in total. The van der Waals surface area contributed by atoms with E-state index in [0.29, 0.717) is 12.1 Å². The highest BCUT2D eigenvalue weighted by atomic mass is 16.5. The van der Waals surface area contributed by atoms with Crippen LogP contribution in [0.2, 0.25) is 0 Å². The zero-order valence-electron chi connectivity index (χ0n) is 17.0. The van der Waals surface area contributed by atoms with Gasteiger partial charge in [0, 0.05) is 30.0 Å². The third kappa shape index (κ3) is 4.61. The number of carbonyl (C=O) groups is 1. The molecule has 0 bridgehead atoms. The lowest BCUT2D eigenvalue weighted by Crippen LogP contribution is -2.35. The number of aryl methyl sites for hydroxylation is 2. The van der Waals surface area contributed by atoms with E-state index in [0.717, 1.165) is 42.0 Å². The van der Waals surface area contributed by atoms with Crippen LogP contribution in [0, 0.1) is 20.8 Å². The molecule has 0 saturated heterocycles. The fourth-order valence-electron chi connectivity index (χ4n) is 4.13. The fourth-order valence-corrected chi connectivity index (χ4v) is 4.13. The lowest BCUT2D eigenvalue weighted by atomic mass is 9.94. The van der Waals surface area contributed by atoms with Gasteiger partial charge in [0.15, 0.2) is 5.82 Å². The van der Waals surface area contributed by atoms with Crippen LogP contribution in [0.4, 0.5) is 0 Å². The van der Waals surface area contributed by atoms with Crippen LogP contribution >= 0.6 is 0 Å². The molecule has 1 saturated carbocycles. The Kier molecular flexibility index (Phi) is 6.37. The van der Waals surface area contributed by atoms with Gasteiger partial charge in [0.25, 0.3) is 5.91 Å². The molecule has 2 heterocycles. The molecule has 6 nitrogen and oxygen atoms in total. The van der Waals surface area contributed by atoms with E-state index < -0.39 is 0 Å². The van der Waals surface area contributed by atoms with E-state index in [1.54, 1.807) is 0 Å². The molecule has 148 valence electrons. The molecule has 0 unspecified atom stereocenters. The number of nitrogens with one attached hydrogen (secondary N) is 1. The lowest BCUT2D eigenvalue weighted by Gasteiger charge is -2.31. The summed E-state index contributed by atoms with van der Waals surface area (Å²) < 4.78 is 7.13. The van der Waals surface area contributed by atoms with Crippen molar-refractivity contribution in [1.29, 1.82) is 0 Å². The van der Waals surface area contributed by atoms with E-state index in [1.807, 2.05) is 37.5 Å². The predicted molar refractivity (Wildman–Crippen MR) is 106 cm³/mol. The summed E-state index contributed by atoms with van der Waals surface area (Å²) in [6.45, 7) is 7.52. The summed E-state index contributed by atoms with van der Waals surface area (Å²) in [6, 6.07) is 4.52. The van der Waals surface area contributed by atoms with Crippen LogP contribution in [-0.4, -0.2) is 46.7 Å². The number of aromatic nitrogens is 2. The van der Waals surface area contributed by atoms with E-state index in [4.69, 9.17) is 4.52 Å². The van der Waals surface area contributed by atoms with Crippen LogP contribution < -0.4 is 5.32 Å². The molecule has 2 aromatic heterocycles. The van der Waals surface area contributed by atoms with Gasteiger partial charge in [-0.25, -0.2) is 0 Å². The summed E-state index contributed by atoms with van der Waals surface area (Å²) in [5, 5.41) is 7.14. The van der Waals surface area contributed by atoms with Gasteiger partial charge in [0.05, 0.1) is 5.56 Å². The maximum atomic E-state index is 12.6. The van der Waals surface area contributed by atoms with E-state index >= 15 is 0 Å². The summed E-state index contributed by atoms with van der Waals surface area (Å²) in [6.07, 6.45) is 7.69. The molecule has 1 aliphatic rings. The Hall–Kier alpha value is -2.08. The van der Waals surface area contributed by atoms with Crippen LogP contribution in [0.25, 0.3) is 5.82 Å². The van der Waals surface area contributed by atoms with Crippen LogP contribution in [0.15, 0.2) is 16.7 Å². The average molecular weight is 373 g/mol. The van der Waals surface area contributed by atoms with Crippen molar-refractivity contribution in [2.24, 2.45) is 0 Å². The van der Waals surface area contributed by atoms with E-state index in [1.165, 1.54) is 32.1 Å². The third-order valence-corrected chi connectivity index (χ3v) is 5.69. The fraction of sp³-hybridized carbons (Fsp3) is 0.619. The van der Waals surface area contributed by atoms with Crippen LogP contribution in [0.3, 0.4) is 0 Å². The Morgan fingerprint density at radius 3 is 2.67 bits per heavy atom. The number of hydrogen-bond acceptors (Lipinski definition) is 4. The van der Waals surface area contributed by atoms with Gasteiger partial charge in [-0.1, -0.05) is 24.4 Å². The minimum atomic E-state index is -0.0186. The number of amides is 1. The van der Waals surface area contributed by atoms with Crippen LogP contribution in [0.1, 0.15) is 66.0 Å². The quantitative estimate of drug-likeness (QED) is 0.752. The van der Waals surface area contributed by atoms with Gasteiger partial charge in [0.2, 0.25) is 0 Å². The number of rotatable bonds is 7. The Labute approximate surface area is 161 Å². The smallest absolute Gasteiger partial charge is 0.253 e. The minimum absolute atomic E-state index is 0.0186. The van der Waals surface area contributed by atoms with Gasteiger partial charge >= 0.3 is 0 Å². The highest BCUT2D eigenvalue weighted by Crippen LogP contribution is 2.22. The summed E-state index contributed by atoms with van der Waals surface area (Å²) in [7, 11) is 2.21. The standard InChI is InChI=1S/C21H32N4O2/c1-15-13-19(17(3)25(15)20-14-16(2)27-23-20)21(26)22-11-8-12-24(4)18-9-6-5-7-10-18/h13-14,18H,5-12H2,1-4H3,(H,22,26). The highest BCUT2D eigenvalue weighted by Gasteiger charge is 2.19. The van der Waals surface area contributed by atoms with Gasteiger partial charge in [-0.2, -0.15) is 0 Å². The van der Waals surface area contributed by atoms with Crippen molar-refractivity contribution in [3.05, 3.63) is 34.8 Å². The van der Waals surface area contributed by atoms with E-state index in [2.05, 4.69) is 22.4 Å². The molecular formula is C21H32N4O2. The first-order valence-electron chi connectivity index (χ1n) is 10.1. The lowest BCUT2D eigenvalue weighted by molar-refractivity contribution is 0.0950. The van der Waals surface area contributed by atoms with Crippen molar-refractivity contribution in [2.45, 2.75) is 65.3 Å². The summed E-state index contributed by atoms with van der Waals surface area (Å²) >= 11 is 0. The predicted octanol–water partition coefficient (Wildman–Crippen LogP) is 3.77. The Bertz CT molecular complexity index is 771. The summed E-state index contributed by atoms with van der Waals surface area (Å²) in [5.41, 5.74) is 2.56. The third-order valence-electron chi connectivity index (χ3n) is 5.69. The molecule has 0 aliphatic heterocycles. The first-order valence-corrected chi connectivity index (χ1v) is 10.1. The monoisotopic (exact) mass is 372 g/mol. The first kappa shape index (κ1) is 19.7. The molecule has 27 heavy (non-hydrogen) atoms. The molecule has 1 aliphatic carbocycles. The molecule has 6 heteroatoms. The van der Waals surface area contributed by atoms with Gasteiger partial charge in [-0.3, -0.25) is 9.36 Å². The van der Waals surface area contributed by atoms with Crippen LogP contribution in [-0.2, 0) is 0 Å². The molecule has 0 spiro atoms. The minimum Gasteiger partial charge on any atom is -0.360 e. The van der Waals surface area contributed by atoms with Gasteiger partial charge < -0.3 is 14.7 Å².